The highest BCUT2D eigenvalue weighted by atomic mass is 16.5. The molecule has 1 fully saturated rings. The molecule has 0 spiro atoms. The molecule has 0 bridgehead atoms. The Morgan fingerprint density at radius 3 is 2.53 bits per heavy atom. The van der Waals surface area contributed by atoms with Crippen molar-refractivity contribution in [3.63, 3.8) is 0 Å². The van der Waals surface area contributed by atoms with E-state index in [0.29, 0.717) is 24.2 Å². The van der Waals surface area contributed by atoms with Crippen LogP contribution in [0.4, 0.5) is 0 Å². The van der Waals surface area contributed by atoms with Crippen molar-refractivity contribution < 1.29 is 19.4 Å². The van der Waals surface area contributed by atoms with Gasteiger partial charge in [0.2, 0.25) is 0 Å². The first-order valence-corrected chi connectivity index (χ1v) is 6.54. The first-order valence-electron chi connectivity index (χ1n) is 6.54. The smallest absolute Gasteiger partial charge is 0.307 e. The van der Waals surface area contributed by atoms with Gasteiger partial charge in [-0.15, -0.1) is 0 Å². The van der Waals surface area contributed by atoms with Crippen molar-refractivity contribution in [2.45, 2.75) is 25.7 Å². The number of ketones is 1. The van der Waals surface area contributed by atoms with Crippen LogP contribution in [0, 0.1) is 11.8 Å². The van der Waals surface area contributed by atoms with Crippen LogP contribution in [0.15, 0.2) is 24.3 Å². The van der Waals surface area contributed by atoms with Gasteiger partial charge in [0.05, 0.1) is 13.0 Å². The van der Waals surface area contributed by atoms with Crippen LogP contribution in [0.3, 0.4) is 0 Å². The van der Waals surface area contributed by atoms with Gasteiger partial charge in [0.1, 0.15) is 5.75 Å². The zero-order valence-corrected chi connectivity index (χ0v) is 11.0. The molecule has 1 aromatic carbocycles. The third kappa shape index (κ3) is 2.95. The van der Waals surface area contributed by atoms with E-state index in [4.69, 9.17) is 4.74 Å². The predicted octanol–water partition coefficient (Wildman–Crippen LogP) is 2.77. The number of carbonyl (C=O) groups excluding carboxylic acids is 1. The molecule has 1 aliphatic carbocycles. The van der Waals surface area contributed by atoms with Gasteiger partial charge in [0.15, 0.2) is 5.78 Å². The highest BCUT2D eigenvalue weighted by Gasteiger charge is 2.35. The van der Waals surface area contributed by atoms with Gasteiger partial charge in [-0.05, 0) is 25.0 Å². The van der Waals surface area contributed by atoms with Gasteiger partial charge in [0, 0.05) is 11.5 Å². The number of Topliss-reactive ketones (excluding diaryl/α,β-unsaturated/α-hetero) is 1. The Morgan fingerprint density at radius 2 is 1.89 bits per heavy atom. The molecule has 0 heterocycles. The summed E-state index contributed by atoms with van der Waals surface area (Å²) >= 11 is 0. The molecule has 19 heavy (non-hydrogen) atoms. The van der Waals surface area contributed by atoms with Crippen LogP contribution >= 0.6 is 0 Å². The van der Waals surface area contributed by atoms with Crippen LogP contribution in [-0.2, 0) is 4.79 Å². The normalized spacial score (nSPS) is 22.8. The highest BCUT2D eigenvalue weighted by Crippen LogP contribution is 2.33. The molecule has 1 saturated carbocycles. The molecule has 4 nitrogen and oxygen atoms in total. The highest BCUT2D eigenvalue weighted by molar-refractivity contribution is 6.00. The van der Waals surface area contributed by atoms with Gasteiger partial charge >= 0.3 is 5.97 Å². The largest absolute Gasteiger partial charge is 0.497 e. The van der Waals surface area contributed by atoms with Crippen molar-refractivity contribution in [3.05, 3.63) is 29.8 Å². The van der Waals surface area contributed by atoms with Crippen LogP contribution < -0.4 is 4.74 Å². The zero-order chi connectivity index (χ0) is 13.8. The van der Waals surface area contributed by atoms with Crippen molar-refractivity contribution in [1.82, 2.24) is 0 Å². The summed E-state index contributed by atoms with van der Waals surface area (Å²) in [4.78, 5) is 23.7. The molecule has 2 rings (SSSR count). The maximum absolute atomic E-state index is 12.5. The number of carboxylic acids is 1. The van der Waals surface area contributed by atoms with Crippen molar-refractivity contribution in [2.75, 3.05) is 7.11 Å². The number of aliphatic carboxylic acids is 1. The number of hydrogen-bond donors (Lipinski definition) is 1. The fraction of sp³-hybridized carbons (Fsp3) is 0.467. The minimum Gasteiger partial charge on any atom is -0.497 e. The first-order chi connectivity index (χ1) is 9.13. The van der Waals surface area contributed by atoms with Crippen molar-refractivity contribution in [1.29, 1.82) is 0 Å². The minimum atomic E-state index is -0.860. The van der Waals surface area contributed by atoms with Crippen LogP contribution in [0.5, 0.6) is 5.75 Å². The topological polar surface area (TPSA) is 63.6 Å². The molecule has 1 N–H and O–H groups in total. The Morgan fingerprint density at radius 1 is 1.21 bits per heavy atom. The number of benzene rings is 1. The molecule has 1 aromatic rings. The van der Waals surface area contributed by atoms with Gasteiger partial charge < -0.3 is 9.84 Å². The maximum atomic E-state index is 12.5. The lowest BCUT2D eigenvalue weighted by Crippen LogP contribution is -2.32. The van der Waals surface area contributed by atoms with E-state index in [1.165, 1.54) is 0 Å². The minimum absolute atomic E-state index is 0.0778. The second-order valence-electron chi connectivity index (χ2n) is 4.93. The monoisotopic (exact) mass is 262 g/mol. The van der Waals surface area contributed by atoms with Gasteiger partial charge in [-0.2, -0.15) is 0 Å². The lowest BCUT2D eigenvalue weighted by atomic mass is 9.75. The average Bonchev–Trinajstić information content (AvgIpc) is 2.46. The molecule has 0 unspecified atom stereocenters. The Kier molecular flexibility index (Phi) is 4.20. The summed E-state index contributed by atoms with van der Waals surface area (Å²) < 4.78 is 5.10. The Hall–Kier alpha value is -1.84. The van der Waals surface area contributed by atoms with E-state index in [-0.39, 0.29) is 5.78 Å². The summed E-state index contributed by atoms with van der Waals surface area (Å²) in [6.07, 6.45) is 3.06. The number of hydrogen-bond acceptors (Lipinski definition) is 3. The molecule has 102 valence electrons. The van der Waals surface area contributed by atoms with Crippen LogP contribution in [0.25, 0.3) is 0 Å². The van der Waals surface area contributed by atoms with E-state index in [9.17, 15) is 14.7 Å². The first kappa shape index (κ1) is 13.6. The van der Waals surface area contributed by atoms with E-state index >= 15 is 0 Å². The van der Waals surface area contributed by atoms with Gasteiger partial charge in [-0.25, -0.2) is 0 Å². The summed E-state index contributed by atoms with van der Waals surface area (Å²) in [6.45, 7) is 0. The number of methoxy groups -OCH3 is 1. The third-order valence-electron chi connectivity index (χ3n) is 3.77. The van der Waals surface area contributed by atoms with Crippen molar-refractivity contribution >= 4 is 11.8 Å². The fourth-order valence-corrected chi connectivity index (χ4v) is 2.73. The summed E-state index contributed by atoms with van der Waals surface area (Å²) in [7, 11) is 1.55. The fourth-order valence-electron chi connectivity index (χ4n) is 2.73. The lowest BCUT2D eigenvalue weighted by molar-refractivity contribution is -0.144. The van der Waals surface area contributed by atoms with Crippen molar-refractivity contribution in [2.24, 2.45) is 11.8 Å². The van der Waals surface area contributed by atoms with Crippen LogP contribution in [-0.4, -0.2) is 24.0 Å². The van der Waals surface area contributed by atoms with E-state index in [0.717, 1.165) is 12.8 Å². The number of ether oxygens (including phenoxy) is 1. The molecule has 0 aromatic heterocycles. The van der Waals surface area contributed by atoms with E-state index in [1.54, 1.807) is 31.4 Å². The molecule has 0 saturated heterocycles. The molecule has 0 aliphatic heterocycles. The number of carboxylic acid groups (broad SMARTS) is 1. The standard InChI is InChI=1S/C15H18O4/c1-19-11-6-4-5-10(9-11)14(16)12-7-2-3-8-13(12)15(17)18/h4-6,9,12-13H,2-3,7-8H2,1H3,(H,17,18)/t12-,13-/m0/s1. The number of rotatable bonds is 4. The second kappa shape index (κ2) is 5.87. The molecule has 1 aliphatic rings. The van der Waals surface area contributed by atoms with Crippen molar-refractivity contribution in [3.8, 4) is 5.75 Å². The maximum Gasteiger partial charge on any atom is 0.307 e. The molecule has 0 amide bonds. The van der Waals surface area contributed by atoms with E-state index in [2.05, 4.69) is 0 Å². The van der Waals surface area contributed by atoms with Crippen LogP contribution in [0.2, 0.25) is 0 Å². The van der Waals surface area contributed by atoms with E-state index < -0.39 is 17.8 Å². The Balaban J connectivity index is 2.23. The summed E-state index contributed by atoms with van der Waals surface area (Å²) in [5.41, 5.74) is 0.539. The summed E-state index contributed by atoms with van der Waals surface area (Å²) in [5.74, 6) is -1.27. The van der Waals surface area contributed by atoms with Gasteiger partial charge in [-0.3, -0.25) is 9.59 Å². The quantitative estimate of drug-likeness (QED) is 0.847. The predicted molar refractivity (Wildman–Crippen MR) is 70.4 cm³/mol. The van der Waals surface area contributed by atoms with Gasteiger partial charge in [-0.1, -0.05) is 25.0 Å². The molecule has 4 heteroatoms. The molecular weight excluding hydrogens is 244 g/mol. The Bertz CT molecular complexity index is 481. The average molecular weight is 262 g/mol. The second-order valence-corrected chi connectivity index (χ2v) is 4.93. The summed E-state index contributed by atoms with van der Waals surface area (Å²) in [6, 6.07) is 6.92. The molecular formula is C15H18O4. The third-order valence-corrected chi connectivity index (χ3v) is 3.77. The van der Waals surface area contributed by atoms with Crippen LogP contribution in [0.1, 0.15) is 36.0 Å². The molecule has 2 atom stereocenters. The Labute approximate surface area is 112 Å². The summed E-state index contributed by atoms with van der Waals surface area (Å²) in [5, 5.41) is 9.23. The SMILES string of the molecule is COc1cccc(C(=O)[C@H]2CCCC[C@@H]2C(=O)O)c1. The number of carbonyl (C=O) groups is 2. The lowest BCUT2D eigenvalue weighted by Gasteiger charge is -2.27. The zero-order valence-electron chi connectivity index (χ0n) is 11.0. The van der Waals surface area contributed by atoms with E-state index in [1.807, 2.05) is 0 Å². The molecule has 0 radical (unpaired) electrons. The van der Waals surface area contributed by atoms with Gasteiger partial charge in [0.25, 0.3) is 0 Å².